The van der Waals surface area contributed by atoms with Crippen molar-refractivity contribution < 1.29 is 9.90 Å². The van der Waals surface area contributed by atoms with Crippen LogP contribution in [0.2, 0.25) is 0 Å². The average molecular weight is 270 g/mol. The van der Waals surface area contributed by atoms with Crippen molar-refractivity contribution in [1.29, 1.82) is 0 Å². The molecule has 0 saturated heterocycles. The highest BCUT2D eigenvalue weighted by Gasteiger charge is 2.26. The third kappa shape index (κ3) is 2.27. The third-order valence-corrected chi connectivity index (χ3v) is 3.01. The Morgan fingerprint density at radius 2 is 2.10 bits per heavy atom. The van der Waals surface area contributed by atoms with Crippen LogP contribution in [0.3, 0.4) is 0 Å². The summed E-state index contributed by atoms with van der Waals surface area (Å²) in [5, 5.41) is 8.87. The number of fused-ring (bicyclic) bond motifs is 1. The minimum atomic E-state index is -0.475. The fourth-order valence-electron chi connectivity index (χ4n) is 1.97. The zero-order chi connectivity index (χ0) is 14.7. The van der Waals surface area contributed by atoms with Crippen LogP contribution < -0.4 is 5.73 Å². The maximum Gasteiger partial charge on any atom is 0.275 e. The Hall–Kier alpha value is -2.65. The van der Waals surface area contributed by atoms with Gasteiger partial charge in [0.1, 0.15) is 5.84 Å². The van der Waals surface area contributed by atoms with E-state index in [0.29, 0.717) is 17.1 Å². The van der Waals surface area contributed by atoms with Crippen LogP contribution in [0, 0.1) is 6.57 Å². The molecule has 0 spiro atoms. The summed E-state index contributed by atoms with van der Waals surface area (Å²) in [5.74, 6) is -0.174. The van der Waals surface area contributed by atoms with Crippen molar-refractivity contribution in [3.63, 3.8) is 0 Å². The molecule has 1 amide bonds. The molecular formula is C14H14N4O2. The van der Waals surface area contributed by atoms with Gasteiger partial charge in [-0.05, 0) is 0 Å². The Morgan fingerprint density at radius 1 is 1.45 bits per heavy atom. The Labute approximate surface area is 116 Å². The van der Waals surface area contributed by atoms with Gasteiger partial charge in [0, 0.05) is 24.7 Å². The molecule has 0 fully saturated rings. The van der Waals surface area contributed by atoms with E-state index in [1.807, 2.05) is 6.07 Å². The lowest BCUT2D eigenvalue weighted by molar-refractivity contribution is -0.125. The normalized spacial score (nSPS) is 15.2. The number of amides is 1. The molecule has 0 aromatic heterocycles. The fraction of sp³-hybridized carbons (Fsp3) is 0.214. The third-order valence-electron chi connectivity index (χ3n) is 3.01. The number of nitrogens with two attached hydrogens (primary N) is 1. The Balaban J connectivity index is 2.52. The second-order valence-corrected chi connectivity index (χ2v) is 4.30. The molecule has 0 bridgehead atoms. The molecule has 1 aromatic rings. The zero-order valence-electron chi connectivity index (χ0n) is 11.0. The molecule has 2 rings (SSSR count). The van der Waals surface area contributed by atoms with Crippen LogP contribution >= 0.6 is 0 Å². The van der Waals surface area contributed by atoms with Gasteiger partial charge in [-0.3, -0.25) is 4.79 Å². The van der Waals surface area contributed by atoms with Gasteiger partial charge < -0.3 is 15.7 Å². The summed E-state index contributed by atoms with van der Waals surface area (Å²) >= 11 is 0. The summed E-state index contributed by atoms with van der Waals surface area (Å²) in [6.45, 7) is 7.23. The molecule has 0 saturated carbocycles. The van der Waals surface area contributed by atoms with Gasteiger partial charge in [0.25, 0.3) is 11.6 Å². The first-order valence-electron chi connectivity index (χ1n) is 6.02. The van der Waals surface area contributed by atoms with Crippen LogP contribution in [0.5, 0.6) is 0 Å². The van der Waals surface area contributed by atoms with Gasteiger partial charge in [-0.25, -0.2) is 9.84 Å². The van der Waals surface area contributed by atoms with Crippen molar-refractivity contribution in [3.8, 4) is 0 Å². The Kier molecular flexibility index (Phi) is 3.82. The lowest BCUT2D eigenvalue weighted by atomic mass is 10.1. The lowest BCUT2D eigenvalue weighted by Gasteiger charge is -2.15. The van der Waals surface area contributed by atoms with Gasteiger partial charge in [0.05, 0.1) is 18.9 Å². The molecule has 0 radical (unpaired) electrons. The van der Waals surface area contributed by atoms with E-state index in [4.69, 9.17) is 17.4 Å². The van der Waals surface area contributed by atoms with E-state index in [1.54, 1.807) is 18.2 Å². The lowest BCUT2D eigenvalue weighted by Crippen LogP contribution is -2.30. The Morgan fingerprint density at radius 3 is 2.70 bits per heavy atom. The first-order valence-corrected chi connectivity index (χ1v) is 6.02. The summed E-state index contributed by atoms with van der Waals surface area (Å²) in [6, 6.07) is 7.20. The van der Waals surface area contributed by atoms with E-state index in [0.717, 1.165) is 5.56 Å². The molecule has 1 aliphatic heterocycles. The molecule has 0 aliphatic carbocycles. The number of hydrogen-bond acceptors (Lipinski definition) is 4. The summed E-state index contributed by atoms with van der Waals surface area (Å²) in [6.07, 6.45) is 0. The van der Waals surface area contributed by atoms with Crippen LogP contribution in [0.1, 0.15) is 11.1 Å². The molecule has 1 aromatic carbocycles. The number of aliphatic hydroxyl groups is 1. The number of carbonyl (C=O) groups is 1. The van der Waals surface area contributed by atoms with E-state index in [9.17, 15) is 4.79 Å². The number of likely N-dealkylation sites (N-methyl/N-ethyl adjacent to an activating group) is 1. The first kappa shape index (κ1) is 13.8. The van der Waals surface area contributed by atoms with E-state index < -0.39 is 5.91 Å². The zero-order valence-corrected chi connectivity index (χ0v) is 11.0. The summed E-state index contributed by atoms with van der Waals surface area (Å²) in [4.78, 5) is 20.9. The van der Waals surface area contributed by atoms with Crippen molar-refractivity contribution in [2.45, 2.75) is 0 Å². The molecule has 1 heterocycles. The maximum absolute atomic E-state index is 12.2. The average Bonchev–Trinajstić information content (AvgIpc) is 2.78. The predicted molar refractivity (Wildman–Crippen MR) is 75.4 cm³/mol. The maximum atomic E-state index is 12.2. The van der Waals surface area contributed by atoms with Gasteiger partial charge >= 0.3 is 0 Å². The topological polar surface area (TPSA) is 83.3 Å². The number of aliphatic imine (C=N–C) groups is 1. The molecular weight excluding hydrogens is 256 g/mol. The summed E-state index contributed by atoms with van der Waals surface area (Å²) in [7, 11) is 1.53. The molecule has 6 heteroatoms. The summed E-state index contributed by atoms with van der Waals surface area (Å²) in [5.41, 5.74) is 7.42. The molecule has 0 unspecified atom stereocenters. The van der Waals surface area contributed by atoms with Crippen molar-refractivity contribution in [1.82, 2.24) is 4.90 Å². The molecule has 1 aliphatic rings. The second kappa shape index (κ2) is 5.55. The number of aliphatic hydroxyl groups excluding tert-OH is 1. The van der Waals surface area contributed by atoms with E-state index in [2.05, 4.69) is 9.84 Å². The van der Waals surface area contributed by atoms with E-state index >= 15 is 0 Å². The highest BCUT2D eigenvalue weighted by atomic mass is 16.3. The van der Waals surface area contributed by atoms with Gasteiger partial charge in [0.2, 0.25) is 0 Å². The minimum Gasteiger partial charge on any atom is -0.395 e. The van der Waals surface area contributed by atoms with Crippen molar-refractivity contribution >= 4 is 17.4 Å². The highest BCUT2D eigenvalue weighted by Crippen LogP contribution is 2.30. The number of benzene rings is 1. The number of nitrogens with zero attached hydrogens (tertiary/aromatic N) is 3. The van der Waals surface area contributed by atoms with Crippen molar-refractivity contribution in [3.05, 3.63) is 52.5 Å². The molecule has 3 N–H and O–H groups in total. The van der Waals surface area contributed by atoms with Crippen LogP contribution in [-0.2, 0) is 4.79 Å². The summed E-state index contributed by atoms with van der Waals surface area (Å²) < 4.78 is 0. The number of amidine groups is 1. The van der Waals surface area contributed by atoms with Gasteiger partial charge in [-0.1, -0.05) is 24.3 Å². The SMILES string of the molecule is [C-]#[N+]C(C(=O)N(C)CCO)=C1N=C(N)c2ccccc21. The first-order chi connectivity index (χ1) is 9.60. The van der Waals surface area contributed by atoms with Crippen molar-refractivity contribution in [2.24, 2.45) is 10.7 Å². The largest absolute Gasteiger partial charge is 0.395 e. The molecule has 0 atom stereocenters. The van der Waals surface area contributed by atoms with Crippen LogP contribution in [0.15, 0.2) is 35.0 Å². The predicted octanol–water partition coefficient (Wildman–Crippen LogP) is 0.444. The van der Waals surface area contributed by atoms with E-state index in [1.165, 1.54) is 11.9 Å². The van der Waals surface area contributed by atoms with Crippen molar-refractivity contribution in [2.75, 3.05) is 20.2 Å². The quantitative estimate of drug-likeness (QED) is 0.617. The van der Waals surface area contributed by atoms with E-state index in [-0.39, 0.29) is 18.8 Å². The van der Waals surface area contributed by atoms with Gasteiger partial charge in [0.15, 0.2) is 0 Å². The van der Waals surface area contributed by atoms with Crippen LogP contribution in [-0.4, -0.2) is 41.9 Å². The molecule has 6 nitrogen and oxygen atoms in total. The highest BCUT2D eigenvalue weighted by molar-refractivity contribution is 6.14. The van der Waals surface area contributed by atoms with Gasteiger partial charge in [-0.15, -0.1) is 0 Å². The van der Waals surface area contributed by atoms with Gasteiger partial charge in [-0.2, -0.15) is 0 Å². The van der Waals surface area contributed by atoms with Crippen LogP contribution in [0.25, 0.3) is 10.5 Å². The Bertz CT molecular complexity index is 655. The molecule has 20 heavy (non-hydrogen) atoms. The second-order valence-electron chi connectivity index (χ2n) is 4.30. The monoisotopic (exact) mass is 270 g/mol. The standard InChI is InChI=1S/C14H14N4O2/c1-16-12(14(20)18(2)7-8-19)11-9-5-3-4-6-10(9)13(15)17-11/h3-6,19H,7-8H2,2H3,(H2,15,17). The number of hydrogen-bond donors (Lipinski definition) is 2. The smallest absolute Gasteiger partial charge is 0.275 e. The fourth-order valence-corrected chi connectivity index (χ4v) is 1.97. The van der Waals surface area contributed by atoms with Crippen LogP contribution in [0.4, 0.5) is 0 Å². The number of rotatable bonds is 3. The molecule has 102 valence electrons. The minimum absolute atomic E-state index is 0.0890. The number of carbonyl (C=O) groups excluding carboxylic acids is 1.